The molecule has 132 valence electrons. The van der Waals surface area contributed by atoms with E-state index >= 15 is 0 Å². The molecular weight excluding hydrogens is 330 g/mol. The molecule has 0 saturated carbocycles. The lowest BCUT2D eigenvalue weighted by Gasteiger charge is -2.21. The van der Waals surface area contributed by atoms with Gasteiger partial charge in [-0.15, -0.1) is 0 Å². The monoisotopic (exact) mass is 349 g/mol. The van der Waals surface area contributed by atoms with Crippen molar-refractivity contribution >= 4 is 5.91 Å². The van der Waals surface area contributed by atoms with E-state index in [0.717, 1.165) is 16.9 Å². The maximum Gasteiger partial charge on any atom is 0.251 e. The fraction of sp³-hybridized carbons (Fsp3) is 0.200. The summed E-state index contributed by atoms with van der Waals surface area (Å²) in [6.07, 6.45) is 3.66. The van der Waals surface area contributed by atoms with Gasteiger partial charge in [0.2, 0.25) is 0 Å². The number of hydrogen-bond acceptors (Lipinski definition) is 4. The first-order valence-electron chi connectivity index (χ1n) is 8.52. The van der Waals surface area contributed by atoms with E-state index in [1.165, 1.54) is 0 Å². The number of carbonyl (C=O) groups excluding carboxylic acids is 1. The van der Waals surface area contributed by atoms with Crippen molar-refractivity contribution in [1.82, 2.24) is 15.1 Å². The predicted octanol–water partition coefficient (Wildman–Crippen LogP) is 2.63. The summed E-state index contributed by atoms with van der Waals surface area (Å²) in [5.74, 6) is 1.32. The second-order valence-electron chi connectivity index (χ2n) is 6.02. The van der Waals surface area contributed by atoms with Crippen molar-refractivity contribution < 1.29 is 14.3 Å². The van der Waals surface area contributed by atoms with Gasteiger partial charge in [-0.3, -0.25) is 9.48 Å². The minimum atomic E-state index is -0.120. The number of ether oxygens (including phenoxy) is 2. The van der Waals surface area contributed by atoms with Crippen LogP contribution in [0, 0.1) is 0 Å². The number of hydrogen-bond donors (Lipinski definition) is 1. The Bertz CT molecular complexity index is 889. The Hall–Kier alpha value is -3.28. The van der Waals surface area contributed by atoms with E-state index in [2.05, 4.69) is 10.4 Å². The number of amides is 1. The predicted molar refractivity (Wildman–Crippen MR) is 96.4 cm³/mol. The molecule has 6 heteroatoms. The first kappa shape index (κ1) is 16.2. The average molecular weight is 349 g/mol. The molecule has 2 heterocycles. The molecule has 0 bridgehead atoms. The van der Waals surface area contributed by atoms with Crippen molar-refractivity contribution in [3.63, 3.8) is 0 Å². The highest BCUT2D eigenvalue weighted by atomic mass is 16.6. The van der Waals surface area contributed by atoms with Crippen molar-refractivity contribution in [3.05, 3.63) is 77.6 Å². The molecular formula is C20H19N3O3. The molecule has 0 radical (unpaired) electrons. The number of fused-ring (bicyclic) bond motifs is 1. The van der Waals surface area contributed by atoms with Crippen molar-refractivity contribution in [2.75, 3.05) is 13.2 Å². The molecule has 3 aromatic rings. The van der Waals surface area contributed by atoms with E-state index in [4.69, 9.17) is 9.47 Å². The molecule has 0 unspecified atom stereocenters. The zero-order valence-corrected chi connectivity index (χ0v) is 14.2. The molecule has 0 saturated heterocycles. The van der Waals surface area contributed by atoms with Gasteiger partial charge >= 0.3 is 0 Å². The highest BCUT2D eigenvalue weighted by molar-refractivity contribution is 5.94. The van der Waals surface area contributed by atoms with Crippen molar-refractivity contribution in [2.45, 2.75) is 13.1 Å². The van der Waals surface area contributed by atoms with Gasteiger partial charge in [-0.25, -0.2) is 0 Å². The Morgan fingerprint density at radius 3 is 2.73 bits per heavy atom. The lowest BCUT2D eigenvalue weighted by atomic mass is 10.1. The van der Waals surface area contributed by atoms with Crippen LogP contribution in [0.2, 0.25) is 0 Å². The highest BCUT2D eigenvalue weighted by Gasteiger charge is 2.16. The molecule has 1 N–H and O–H groups in total. The van der Waals surface area contributed by atoms with Crippen molar-refractivity contribution in [1.29, 1.82) is 0 Å². The van der Waals surface area contributed by atoms with Crippen LogP contribution in [-0.2, 0) is 13.1 Å². The maximum atomic E-state index is 12.4. The number of benzene rings is 2. The van der Waals surface area contributed by atoms with Gasteiger partial charge in [0.25, 0.3) is 5.91 Å². The first-order chi connectivity index (χ1) is 12.8. The van der Waals surface area contributed by atoms with E-state index in [-0.39, 0.29) is 5.91 Å². The number of para-hydroxylation sites is 1. The molecule has 1 aromatic heterocycles. The van der Waals surface area contributed by atoms with Crippen LogP contribution in [0.1, 0.15) is 21.5 Å². The van der Waals surface area contributed by atoms with Gasteiger partial charge in [-0.2, -0.15) is 5.10 Å². The van der Waals surface area contributed by atoms with E-state index in [1.807, 2.05) is 59.4 Å². The minimum Gasteiger partial charge on any atom is -0.486 e. The fourth-order valence-corrected chi connectivity index (χ4v) is 2.89. The lowest BCUT2D eigenvalue weighted by Crippen LogP contribution is -2.24. The van der Waals surface area contributed by atoms with Crippen molar-refractivity contribution in [3.8, 4) is 11.5 Å². The molecule has 0 spiro atoms. The molecule has 1 aliphatic heterocycles. The summed E-state index contributed by atoms with van der Waals surface area (Å²) in [5.41, 5.74) is 2.62. The Morgan fingerprint density at radius 1 is 1.08 bits per heavy atom. The summed E-state index contributed by atoms with van der Waals surface area (Å²) < 4.78 is 13.1. The smallest absolute Gasteiger partial charge is 0.251 e. The quantitative estimate of drug-likeness (QED) is 0.769. The number of nitrogens with one attached hydrogen (secondary N) is 1. The van der Waals surface area contributed by atoms with Gasteiger partial charge < -0.3 is 14.8 Å². The summed E-state index contributed by atoms with van der Waals surface area (Å²) in [4.78, 5) is 12.4. The third kappa shape index (κ3) is 3.54. The normalized spacial score (nSPS) is 12.6. The maximum absolute atomic E-state index is 12.4. The van der Waals surface area contributed by atoms with Gasteiger partial charge in [0.15, 0.2) is 11.5 Å². The summed E-state index contributed by atoms with van der Waals surface area (Å²) in [5, 5.41) is 7.12. The SMILES string of the molecule is O=C(NCc1cccc2c1OCCO2)c1ccc(Cn2cccn2)cc1. The van der Waals surface area contributed by atoms with Gasteiger partial charge in [0.1, 0.15) is 13.2 Å². The standard InChI is InChI=1S/C20H19N3O3/c24-20(16-7-5-15(6-8-16)14-23-10-2-9-22-23)21-13-17-3-1-4-18-19(17)26-12-11-25-18/h1-10H,11-14H2,(H,21,24). The summed E-state index contributed by atoms with van der Waals surface area (Å²) in [6, 6.07) is 15.1. The van der Waals surface area contributed by atoms with Gasteiger partial charge in [0.05, 0.1) is 6.54 Å². The molecule has 1 aliphatic rings. The number of carbonyl (C=O) groups is 1. The average Bonchev–Trinajstić information content (AvgIpc) is 3.19. The number of nitrogens with zero attached hydrogens (tertiary/aromatic N) is 2. The van der Waals surface area contributed by atoms with Crippen LogP contribution in [0.4, 0.5) is 0 Å². The Kier molecular flexibility index (Phi) is 4.55. The first-order valence-corrected chi connectivity index (χ1v) is 8.52. The summed E-state index contributed by atoms with van der Waals surface area (Å²) in [6.45, 7) is 2.15. The number of aromatic nitrogens is 2. The Balaban J connectivity index is 1.39. The lowest BCUT2D eigenvalue weighted by molar-refractivity contribution is 0.0950. The van der Waals surface area contributed by atoms with E-state index in [9.17, 15) is 4.79 Å². The zero-order chi connectivity index (χ0) is 17.8. The molecule has 4 rings (SSSR count). The summed E-state index contributed by atoms with van der Waals surface area (Å²) >= 11 is 0. The van der Waals surface area contributed by atoms with Crippen molar-refractivity contribution in [2.24, 2.45) is 0 Å². The molecule has 26 heavy (non-hydrogen) atoms. The molecule has 0 fully saturated rings. The summed E-state index contributed by atoms with van der Waals surface area (Å²) in [7, 11) is 0. The van der Waals surface area contributed by atoms with Gasteiger partial charge in [-0.05, 0) is 29.8 Å². The molecule has 2 aromatic carbocycles. The third-order valence-electron chi connectivity index (χ3n) is 4.21. The van der Waals surface area contributed by atoms with E-state index in [0.29, 0.717) is 37.6 Å². The highest BCUT2D eigenvalue weighted by Crippen LogP contribution is 2.33. The largest absolute Gasteiger partial charge is 0.486 e. The fourth-order valence-electron chi connectivity index (χ4n) is 2.89. The van der Waals surface area contributed by atoms with E-state index < -0.39 is 0 Å². The van der Waals surface area contributed by atoms with Crippen LogP contribution in [-0.4, -0.2) is 28.9 Å². The molecule has 6 nitrogen and oxygen atoms in total. The van der Waals surface area contributed by atoms with Crippen LogP contribution in [0.5, 0.6) is 11.5 Å². The van der Waals surface area contributed by atoms with Crippen LogP contribution in [0.3, 0.4) is 0 Å². The Labute approximate surface area is 151 Å². The molecule has 1 amide bonds. The van der Waals surface area contributed by atoms with E-state index in [1.54, 1.807) is 6.20 Å². The van der Waals surface area contributed by atoms with Crippen LogP contribution in [0.25, 0.3) is 0 Å². The third-order valence-corrected chi connectivity index (χ3v) is 4.21. The second kappa shape index (κ2) is 7.31. The zero-order valence-electron chi connectivity index (χ0n) is 14.2. The van der Waals surface area contributed by atoms with Crippen LogP contribution >= 0.6 is 0 Å². The van der Waals surface area contributed by atoms with Crippen LogP contribution in [0.15, 0.2) is 60.9 Å². The minimum absolute atomic E-state index is 0.120. The topological polar surface area (TPSA) is 65.4 Å². The number of rotatable bonds is 5. The van der Waals surface area contributed by atoms with Gasteiger partial charge in [-0.1, -0.05) is 24.3 Å². The van der Waals surface area contributed by atoms with Crippen LogP contribution < -0.4 is 14.8 Å². The molecule has 0 atom stereocenters. The second-order valence-corrected chi connectivity index (χ2v) is 6.02. The van der Waals surface area contributed by atoms with Gasteiger partial charge in [0, 0.05) is 30.1 Å². The Morgan fingerprint density at radius 2 is 1.92 bits per heavy atom. The molecule has 0 aliphatic carbocycles.